The number of piperidine rings is 1. The average Bonchev–Trinajstić information content (AvgIpc) is 3.25. The first-order chi connectivity index (χ1) is 16.4. The van der Waals surface area contributed by atoms with Gasteiger partial charge in [0, 0.05) is 43.6 Å². The zero-order chi connectivity index (χ0) is 24.1. The van der Waals surface area contributed by atoms with Crippen molar-refractivity contribution in [1.82, 2.24) is 15.2 Å². The smallest absolute Gasteiger partial charge is 0.254 e. The SMILES string of the molecule is CC1CC(C)CN(CC(C)NC(=O)c2cccnc2SCC(=O)Nc2ccc3c(c2)OCO3)C1. The molecule has 3 heterocycles. The number of anilines is 1. The van der Waals surface area contributed by atoms with Crippen molar-refractivity contribution in [2.45, 2.75) is 38.3 Å². The number of hydrogen-bond donors (Lipinski definition) is 2. The van der Waals surface area contributed by atoms with Crippen molar-refractivity contribution in [3.8, 4) is 11.5 Å². The van der Waals surface area contributed by atoms with Gasteiger partial charge in [-0.3, -0.25) is 9.59 Å². The molecule has 1 aromatic carbocycles. The Morgan fingerprint density at radius 3 is 2.74 bits per heavy atom. The molecule has 182 valence electrons. The van der Waals surface area contributed by atoms with E-state index in [2.05, 4.69) is 34.4 Å². The first kappa shape index (κ1) is 24.3. The Labute approximate surface area is 204 Å². The summed E-state index contributed by atoms with van der Waals surface area (Å²) in [5.41, 5.74) is 1.11. The van der Waals surface area contributed by atoms with Crippen LogP contribution in [0.25, 0.3) is 0 Å². The molecular formula is C25H32N4O4S. The molecule has 3 atom stereocenters. The Morgan fingerprint density at radius 1 is 1.18 bits per heavy atom. The van der Waals surface area contributed by atoms with E-state index in [0.29, 0.717) is 39.6 Å². The molecule has 1 fully saturated rings. The summed E-state index contributed by atoms with van der Waals surface area (Å²) < 4.78 is 10.6. The monoisotopic (exact) mass is 484 g/mol. The molecule has 0 spiro atoms. The largest absolute Gasteiger partial charge is 0.454 e. The van der Waals surface area contributed by atoms with Crippen molar-refractivity contribution < 1.29 is 19.1 Å². The maximum atomic E-state index is 13.0. The molecule has 0 saturated carbocycles. The van der Waals surface area contributed by atoms with Crippen LogP contribution in [0.4, 0.5) is 5.69 Å². The maximum absolute atomic E-state index is 13.0. The lowest BCUT2D eigenvalue weighted by Crippen LogP contribution is -2.47. The summed E-state index contributed by atoms with van der Waals surface area (Å²) >= 11 is 1.24. The molecule has 2 aliphatic rings. The number of nitrogens with zero attached hydrogens (tertiary/aromatic N) is 2. The summed E-state index contributed by atoms with van der Waals surface area (Å²) in [5, 5.41) is 6.49. The fraction of sp³-hybridized carbons (Fsp3) is 0.480. The highest BCUT2D eigenvalue weighted by Gasteiger charge is 2.24. The van der Waals surface area contributed by atoms with E-state index in [-0.39, 0.29) is 30.4 Å². The summed E-state index contributed by atoms with van der Waals surface area (Å²) in [6.45, 7) is 9.74. The molecule has 8 nitrogen and oxygen atoms in total. The minimum absolute atomic E-state index is 0.0114. The number of likely N-dealkylation sites (tertiary alicyclic amines) is 1. The number of hydrogen-bond acceptors (Lipinski definition) is 7. The third kappa shape index (κ3) is 6.42. The zero-order valence-corrected chi connectivity index (χ0v) is 20.7. The second-order valence-electron chi connectivity index (χ2n) is 9.30. The fourth-order valence-corrected chi connectivity index (χ4v) is 5.45. The van der Waals surface area contributed by atoms with Gasteiger partial charge < -0.3 is 25.0 Å². The second kappa shape index (κ2) is 11.1. The normalized spacial score (nSPS) is 20.6. The van der Waals surface area contributed by atoms with E-state index < -0.39 is 0 Å². The minimum Gasteiger partial charge on any atom is -0.454 e. The van der Waals surface area contributed by atoms with Gasteiger partial charge in [0.05, 0.1) is 11.3 Å². The lowest BCUT2D eigenvalue weighted by atomic mass is 9.92. The summed E-state index contributed by atoms with van der Waals surface area (Å²) in [4.78, 5) is 32.2. The standard InChI is InChI=1S/C25H32N4O4S/c1-16-9-17(2)12-29(11-16)13-18(3)27-24(31)20-5-4-8-26-25(20)34-14-23(30)28-19-6-7-21-22(10-19)33-15-32-21/h4-8,10,16-18H,9,11-15H2,1-3H3,(H,27,31)(H,28,30). The van der Waals surface area contributed by atoms with E-state index in [4.69, 9.17) is 9.47 Å². The molecule has 34 heavy (non-hydrogen) atoms. The topological polar surface area (TPSA) is 92.8 Å². The Bertz CT molecular complexity index is 1020. The molecule has 1 aromatic heterocycles. The minimum atomic E-state index is -0.192. The van der Waals surface area contributed by atoms with Crippen LogP contribution in [0.5, 0.6) is 11.5 Å². The Kier molecular flexibility index (Phi) is 7.95. The number of aromatic nitrogens is 1. The van der Waals surface area contributed by atoms with Gasteiger partial charge in [-0.25, -0.2) is 4.98 Å². The highest BCUT2D eigenvalue weighted by molar-refractivity contribution is 8.00. The van der Waals surface area contributed by atoms with Crippen molar-refractivity contribution in [2.75, 3.05) is 37.5 Å². The van der Waals surface area contributed by atoms with Crippen LogP contribution in [0.1, 0.15) is 37.6 Å². The molecule has 2 aromatic rings. The van der Waals surface area contributed by atoms with E-state index in [1.165, 1.54) is 18.2 Å². The van der Waals surface area contributed by atoms with Gasteiger partial charge in [-0.1, -0.05) is 25.6 Å². The number of benzene rings is 1. The van der Waals surface area contributed by atoms with E-state index in [0.717, 1.165) is 19.6 Å². The highest BCUT2D eigenvalue weighted by Crippen LogP contribution is 2.34. The van der Waals surface area contributed by atoms with E-state index in [1.54, 1.807) is 36.5 Å². The number of fused-ring (bicyclic) bond motifs is 1. The van der Waals surface area contributed by atoms with Crippen LogP contribution in [-0.4, -0.2) is 59.9 Å². The molecule has 2 amide bonds. The first-order valence-electron chi connectivity index (χ1n) is 11.7. The molecule has 4 rings (SSSR count). The molecule has 2 aliphatic heterocycles. The van der Waals surface area contributed by atoms with Crippen LogP contribution in [-0.2, 0) is 4.79 Å². The summed E-state index contributed by atoms with van der Waals surface area (Å²) in [5.74, 6) is 2.39. The van der Waals surface area contributed by atoms with Gasteiger partial charge in [-0.2, -0.15) is 0 Å². The van der Waals surface area contributed by atoms with Gasteiger partial charge in [-0.15, -0.1) is 0 Å². The van der Waals surface area contributed by atoms with Crippen molar-refractivity contribution in [1.29, 1.82) is 0 Å². The van der Waals surface area contributed by atoms with Crippen LogP contribution in [0.3, 0.4) is 0 Å². The van der Waals surface area contributed by atoms with Crippen molar-refractivity contribution in [3.05, 3.63) is 42.1 Å². The van der Waals surface area contributed by atoms with Crippen molar-refractivity contribution >= 4 is 29.3 Å². The molecule has 1 saturated heterocycles. The highest BCUT2D eigenvalue weighted by atomic mass is 32.2. The number of nitrogens with one attached hydrogen (secondary N) is 2. The van der Waals surface area contributed by atoms with E-state index in [9.17, 15) is 9.59 Å². The van der Waals surface area contributed by atoms with Gasteiger partial charge in [-0.05, 0) is 49.4 Å². The predicted molar refractivity (Wildman–Crippen MR) is 132 cm³/mol. The number of carbonyl (C=O) groups excluding carboxylic acids is 2. The number of pyridine rings is 1. The molecule has 0 bridgehead atoms. The number of carbonyl (C=O) groups is 2. The van der Waals surface area contributed by atoms with E-state index >= 15 is 0 Å². The van der Waals surface area contributed by atoms with Gasteiger partial charge in [0.15, 0.2) is 11.5 Å². The van der Waals surface area contributed by atoms with Gasteiger partial charge in [0.1, 0.15) is 5.03 Å². The van der Waals surface area contributed by atoms with Crippen LogP contribution in [0, 0.1) is 11.8 Å². The summed E-state index contributed by atoms with van der Waals surface area (Å²) in [6.07, 6.45) is 2.89. The van der Waals surface area contributed by atoms with Gasteiger partial charge in [0.2, 0.25) is 12.7 Å². The van der Waals surface area contributed by atoms with Crippen LogP contribution >= 0.6 is 11.8 Å². The average molecular weight is 485 g/mol. The Hall–Kier alpha value is -2.78. The lowest BCUT2D eigenvalue weighted by molar-refractivity contribution is -0.113. The first-order valence-corrected chi connectivity index (χ1v) is 12.7. The zero-order valence-electron chi connectivity index (χ0n) is 19.9. The molecule has 2 N–H and O–H groups in total. The van der Waals surface area contributed by atoms with Crippen LogP contribution in [0.2, 0.25) is 0 Å². The number of thioether (sulfide) groups is 1. The van der Waals surface area contributed by atoms with Crippen molar-refractivity contribution in [2.24, 2.45) is 11.8 Å². The van der Waals surface area contributed by atoms with Crippen LogP contribution < -0.4 is 20.1 Å². The Balaban J connectivity index is 1.30. The predicted octanol–water partition coefficient (Wildman–Crippen LogP) is 3.64. The third-order valence-electron chi connectivity index (χ3n) is 5.87. The van der Waals surface area contributed by atoms with Gasteiger partial charge in [0.25, 0.3) is 5.91 Å². The number of ether oxygens (including phenoxy) is 2. The third-order valence-corrected chi connectivity index (χ3v) is 6.87. The second-order valence-corrected chi connectivity index (χ2v) is 10.3. The molecule has 9 heteroatoms. The molecular weight excluding hydrogens is 452 g/mol. The van der Waals surface area contributed by atoms with E-state index in [1.807, 2.05) is 6.92 Å². The quantitative estimate of drug-likeness (QED) is 0.553. The van der Waals surface area contributed by atoms with Crippen molar-refractivity contribution in [3.63, 3.8) is 0 Å². The summed E-state index contributed by atoms with van der Waals surface area (Å²) in [6, 6.07) is 8.76. The lowest BCUT2D eigenvalue weighted by Gasteiger charge is -2.36. The van der Waals surface area contributed by atoms with Crippen LogP contribution in [0.15, 0.2) is 41.6 Å². The maximum Gasteiger partial charge on any atom is 0.254 e. The summed E-state index contributed by atoms with van der Waals surface area (Å²) in [7, 11) is 0. The fourth-order valence-electron chi connectivity index (χ4n) is 4.66. The number of rotatable bonds is 8. The molecule has 0 radical (unpaired) electrons. The Morgan fingerprint density at radius 2 is 1.94 bits per heavy atom. The number of amides is 2. The van der Waals surface area contributed by atoms with Gasteiger partial charge >= 0.3 is 0 Å². The molecule has 3 unspecified atom stereocenters. The molecule has 0 aliphatic carbocycles.